The highest BCUT2D eigenvalue weighted by Gasteiger charge is 2.24. The molecule has 1 amide bonds. The second-order valence-electron chi connectivity index (χ2n) is 6.92. The van der Waals surface area contributed by atoms with Crippen LogP contribution in [0.2, 0.25) is 0 Å². The average molecular weight is 382 g/mol. The van der Waals surface area contributed by atoms with Crippen molar-refractivity contribution in [3.05, 3.63) is 71.0 Å². The zero-order chi connectivity index (χ0) is 19.3. The third-order valence-corrected chi connectivity index (χ3v) is 5.12. The van der Waals surface area contributed by atoms with Gasteiger partial charge < -0.3 is 14.8 Å². The topological polar surface area (TPSA) is 50.8 Å². The predicted molar refractivity (Wildman–Crippen MR) is 104 cm³/mol. The highest BCUT2D eigenvalue weighted by Crippen LogP contribution is 2.26. The van der Waals surface area contributed by atoms with Gasteiger partial charge in [0.15, 0.2) is 0 Å². The molecule has 0 bridgehead atoms. The van der Waals surface area contributed by atoms with Crippen LogP contribution in [0.3, 0.4) is 0 Å². The van der Waals surface area contributed by atoms with Crippen molar-refractivity contribution in [3.8, 4) is 5.75 Å². The van der Waals surface area contributed by atoms with E-state index < -0.39 is 0 Å². The quantitative estimate of drug-likeness (QED) is 0.864. The molecule has 0 saturated carbocycles. The van der Waals surface area contributed by atoms with Crippen LogP contribution in [0.15, 0.2) is 54.1 Å². The minimum Gasteiger partial charge on any atom is -0.488 e. The Labute approximate surface area is 163 Å². The predicted octanol–water partition coefficient (Wildman–Crippen LogP) is 2.79. The monoisotopic (exact) mass is 382 g/mol. The van der Waals surface area contributed by atoms with Gasteiger partial charge in [-0.05, 0) is 29.8 Å². The van der Waals surface area contributed by atoms with Crippen LogP contribution in [0, 0.1) is 5.82 Å². The lowest BCUT2D eigenvalue weighted by atomic mass is 10.0. The summed E-state index contributed by atoms with van der Waals surface area (Å²) in [4.78, 5) is 15.0. The van der Waals surface area contributed by atoms with Crippen LogP contribution < -0.4 is 10.1 Å². The number of hydrogen-bond acceptors (Lipinski definition) is 4. The van der Waals surface area contributed by atoms with Gasteiger partial charge in [-0.2, -0.15) is 0 Å². The molecule has 1 saturated heterocycles. The van der Waals surface area contributed by atoms with Crippen LogP contribution in [0.5, 0.6) is 5.75 Å². The molecule has 1 N–H and O–H groups in total. The number of ether oxygens (including phenoxy) is 2. The largest absolute Gasteiger partial charge is 0.488 e. The smallest absolute Gasteiger partial charge is 0.250 e. The maximum atomic E-state index is 13.3. The van der Waals surface area contributed by atoms with Gasteiger partial charge in [0.25, 0.3) is 5.91 Å². The van der Waals surface area contributed by atoms with Gasteiger partial charge in [0, 0.05) is 25.2 Å². The minimum absolute atomic E-state index is 0.0363. The number of nitrogens with one attached hydrogen (secondary N) is 1. The van der Waals surface area contributed by atoms with E-state index in [0.717, 1.165) is 30.0 Å². The zero-order valence-corrected chi connectivity index (χ0v) is 15.6. The van der Waals surface area contributed by atoms with Crippen LogP contribution in [0.1, 0.15) is 17.2 Å². The summed E-state index contributed by atoms with van der Waals surface area (Å²) in [7, 11) is 0. The van der Waals surface area contributed by atoms with Crippen molar-refractivity contribution in [1.29, 1.82) is 0 Å². The van der Waals surface area contributed by atoms with Crippen molar-refractivity contribution < 1.29 is 18.7 Å². The van der Waals surface area contributed by atoms with Crippen LogP contribution in [-0.4, -0.2) is 50.3 Å². The SMILES string of the molecule is O=C(NCC(c1ccc(F)cc1)N1CCOCC1)C1=Cc2ccccc2OC1. The number of para-hydroxylation sites is 1. The summed E-state index contributed by atoms with van der Waals surface area (Å²) in [5.74, 6) is 0.378. The molecule has 146 valence electrons. The number of carbonyl (C=O) groups is 1. The van der Waals surface area contributed by atoms with Crippen LogP contribution >= 0.6 is 0 Å². The highest BCUT2D eigenvalue weighted by atomic mass is 19.1. The third-order valence-electron chi connectivity index (χ3n) is 5.12. The van der Waals surface area contributed by atoms with Gasteiger partial charge in [-0.15, -0.1) is 0 Å². The van der Waals surface area contributed by atoms with Crippen LogP contribution in [0.4, 0.5) is 4.39 Å². The van der Waals surface area contributed by atoms with Gasteiger partial charge in [-0.1, -0.05) is 30.3 Å². The molecule has 1 fully saturated rings. The fraction of sp³-hybridized carbons (Fsp3) is 0.318. The van der Waals surface area contributed by atoms with E-state index in [9.17, 15) is 9.18 Å². The van der Waals surface area contributed by atoms with Gasteiger partial charge in [0.05, 0.1) is 24.8 Å². The van der Waals surface area contributed by atoms with Crippen LogP contribution in [-0.2, 0) is 9.53 Å². The lowest BCUT2D eigenvalue weighted by Gasteiger charge is -2.35. The molecule has 28 heavy (non-hydrogen) atoms. The Morgan fingerprint density at radius 1 is 1.11 bits per heavy atom. The molecular weight excluding hydrogens is 359 g/mol. The van der Waals surface area contributed by atoms with Crippen molar-refractivity contribution in [2.45, 2.75) is 6.04 Å². The van der Waals surface area contributed by atoms with Gasteiger partial charge in [0.1, 0.15) is 18.2 Å². The number of nitrogens with zero attached hydrogens (tertiary/aromatic N) is 1. The molecule has 2 aliphatic rings. The van der Waals surface area contributed by atoms with Gasteiger partial charge in [-0.25, -0.2) is 4.39 Å². The molecule has 0 aliphatic carbocycles. The van der Waals surface area contributed by atoms with Gasteiger partial charge in [0.2, 0.25) is 0 Å². The first-order valence-electron chi connectivity index (χ1n) is 9.48. The standard InChI is InChI=1S/C22H23FN2O3/c23-19-7-5-16(6-8-19)20(25-9-11-27-12-10-25)14-24-22(26)18-13-17-3-1-2-4-21(17)28-15-18/h1-8,13,20H,9-12,14-15H2,(H,24,26). The first kappa shape index (κ1) is 18.7. The first-order chi connectivity index (χ1) is 13.7. The molecule has 6 heteroatoms. The Morgan fingerprint density at radius 2 is 1.86 bits per heavy atom. The molecule has 2 aromatic carbocycles. The molecule has 2 aliphatic heterocycles. The molecule has 4 rings (SSSR count). The van der Waals surface area contributed by atoms with Crippen molar-refractivity contribution in [3.63, 3.8) is 0 Å². The first-order valence-corrected chi connectivity index (χ1v) is 9.48. The van der Waals surface area contributed by atoms with Crippen LogP contribution in [0.25, 0.3) is 6.08 Å². The number of benzene rings is 2. The second kappa shape index (κ2) is 8.54. The maximum absolute atomic E-state index is 13.3. The number of morpholine rings is 1. The van der Waals surface area contributed by atoms with E-state index >= 15 is 0 Å². The van der Waals surface area contributed by atoms with Gasteiger partial charge in [-0.3, -0.25) is 9.69 Å². The van der Waals surface area contributed by atoms with E-state index in [1.807, 2.05) is 30.3 Å². The van der Waals surface area contributed by atoms with E-state index in [2.05, 4.69) is 10.2 Å². The molecule has 2 aromatic rings. The van der Waals surface area contributed by atoms with E-state index in [4.69, 9.17) is 9.47 Å². The molecular formula is C22H23FN2O3. The number of halogens is 1. The number of amides is 1. The van der Waals surface area contributed by atoms with E-state index in [1.54, 1.807) is 12.1 Å². The minimum atomic E-state index is -0.267. The molecule has 5 nitrogen and oxygen atoms in total. The third kappa shape index (κ3) is 4.24. The Kier molecular flexibility index (Phi) is 5.69. The number of hydrogen-bond donors (Lipinski definition) is 1. The molecule has 0 radical (unpaired) electrons. The number of carbonyl (C=O) groups excluding carboxylic acids is 1. The zero-order valence-electron chi connectivity index (χ0n) is 15.6. The lowest BCUT2D eigenvalue weighted by molar-refractivity contribution is -0.118. The van der Waals surface area contributed by atoms with E-state index in [1.165, 1.54) is 12.1 Å². The molecule has 2 heterocycles. The Balaban J connectivity index is 1.47. The van der Waals surface area contributed by atoms with Crippen molar-refractivity contribution in [2.75, 3.05) is 39.5 Å². The fourth-order valence-corrected chi connectivity index (χ4v) is 3.58. The van der Waals surface area contributed by atoms with Gasteiger partial charge >= 0.3 is 0 Å². The lowest BCUT2D eigenvalue weighted by Crippen LogP contribution is -2.44. The summed E-state index contributed by atoms with van der Waals surface area (Å²) in [5.41, 5.74) is 2.48. The molecule has 0 spiro atoms. The summed E-state index contributed by atoms with van der Waals surface area (Å²) in [6.45, 7) is 3.54. The molecule has 1 atom stereocenters. The number of rotatable bonds is 5. The van der Waals surface area contributed by atoms with Crippen molar-refractivity contribution in [1.82, 2.24) is 10.2 Å². The summed E-state index contributed by atoms with van der Waals surface area (Å²) < 4.78 is 24.5. The molecule has 0 aromatic heterocycles. The highest BCUT2D eigenvalue weighted by molar-refractivity contribution is 5.99. The van der Waals surface area contributed by atoms with E-state index in [0.29, 0.717) is 25.3 Å². The summed E-state index contributed by atoms with van der Waals surface area (Å²) >= 11 is 0. The Morgan fingerprint density at radius 3 is 2.64 bits per heavy atom. The van der Waals surface area contributed by atoms with E-state index in [-0.39, 0.29) is 24.4 Å². The normalized spacial score (nSPS) is 17.8. The Hall–Kier alpha value is -2.70. The number of fused-ring (bicyclic) bond motifs is 1. The average Bonchev–Trinajstić information content (AvgIpc) is 2.75. The second-order valence-corrected chi connectivity index (χ2v) is 6.92. The summed E-state index contributed by atoms with van der Waals surface area (Å²) in [5, 5.41) is 3.03. The maximum Gasteiger partial charge on any atom is 0.250 e. The van der Waals surface area contributed by atoms with Crippen molar-refractivity contribution in [2.24, 2.45) is 0 Å². The molecule has 1 unspecified atom stereocenters. The summed E-state index contributed by atoms with van der Waals surface area (Å²) in [6.07, 6.45) is 1.87. The fourth-order valence-electron chi connectivity index (χ4n) is 3.58. The Bertz CT molecular complexity index is 860. The summed E-state index contributed by atoms with van der Waals surface area (Å²) in [6, 6.07) is 14.1. The van der Waals surface area contributed by atoms with Crippen molar-refractivity contribution >= 4 is 12.0 Å².